The van der Waals surface area contributed by atoms with Gasteiger partial charge in [0.25, 0.3) is 5.56 Å². The van der Waals surface area contributed by atoms with E-state index < -0.39 is 0 Å². The van der Waals surface area contributed by atoms with Crippen LogP contribution in [0.2, 0.25) is 5.02 Å². The van der Waals surface area contributed by atoms with E-state index in [0.29, 0.717) is 32.5 Å². The van der Waals surface area contributed by atoms with E-state index in [1.165, 1.54) is 23.8 Å². The second-order valence-corrected chi connectivity index (χ2v) is 8.41. The highest BCUT2D eigenvalue weighted by molar-refractivity contribution is 7.99. The van der Waals surface area contributed by atoms with Crippen LogP contribution in [0.5, 0.6) is 5.75 Å². The number of nitrogens with one attached hydrogen (secondary N) is 1. The van der Waals surface area contributed by atoms with E-state index in [1.807, 2.05) is 0 Å². The van der Waals surface area contributed by atoms with E-state index in [9.17, 15) is 14.0 Å². The van der Waals surface area contributed by atoms with Crippen molar-refractivity contribution in [2.24, 2.45) is 0 Å². The quantitative estimate of drug-likeness (QED) is 0.307. The molecule has 0 unspecified atom stereocenters. The number of para-hydroxylation sites is 1. The normalized spacial score (nSPS) is 10.9. The SMILES string of the molecule is COc1ccc(-n2c(SCC(=O)NCc3ccc(F)cc3)nc3ccccc3c2=O)cc1Cl. The summed E-state index contributed by atoms with van der Waals surface area (Å²) in [6, 6.07) is 17.9. The summed E-state index contributed by atoms with van der Waals surface area (Å²) >= 11 is 7.42. The van der Waals surface area contributed by atoms with E-state index in [-0.39, 0.29) is 29.6 Å². The molecule has 1 N–H and O–H groups in total. The van der Waals surface area contributed by atoms with Gasteiger partial charge in [-0.1, -0.05) is 47.6 Å². The van der Waals surface area contributed by atoms with Gasteiger partial charge in [-0.15, -0.1) is 0 Å². The Morgan fingerprint density at radius 2 is 1.91 bits per heavy atom. The predicted molar refractivity (Wildman–Crippen MR) is 128 cm³/mol. The number of hydrogen-bond donors (Lipinski definition) is 1. The summed E-state index contributed by atoms with van der Waals surface area (Å²) in [7, 11) is 1.51. The van der Waals surface area contributed by atoms with Gasteiger partial charge in [0.2, 0.25) is 5.91 Å². The zero-order chi connectivity index (χ0) is 23.4. The molecule has 1 amide bonds. The Kier molecular flexibility index (Phi) is 6.96. The number of amides is 1. The lowest BCUT2D eigenvalue weighted by Crippen LogP contribution is -2.26. The molecule has 0 aliphatic heterocycles. The molecule has 0 radical (unpaired) electrons. The van der Waals surface area contributed by atoms with Crippen molar-refractivity contribution in [3.05, 3.63) is 93.5 Å². The second-order valence-electron chi connectivity index (χ2n) is 7.06. The number of rotatable bonds is 7. The monoisotopic (exact) mass is 483 g/mol. The van der Waals surface area contributed by atoms with Crippen LogP contribution >= 0.6 is 23.4 Å². The molecule has 3 aromatic carbocycles. The number of methoxy groups -OCH3 is 1. The van der Waals surface area contributed by atoms with Crippen LogP contribution in [-0.2, 0) is 11.3 Å². The summed E-state index contributed by atoms with van der Waals surface area (Å²) in [5.41, 5.74) is 1.56. The molecule has 9 heteroatoms. The largest absolute Gasteiger partial charge is 0.495 e. The maximum atomic E-state index is 13.3. The smallest absolute Gasteiger partial charge is 0.266 e. The molecule has 168 valence electrons. The topological polar surface area (TPSA) is 73.2 Å². The molecule has 1 heterocycles. The van der Waals surface area contributed by atoms with E-state index in [1.54, 1.807) is 54.6 Å². The number of fused-ring (bicyclic) bond motifs is 1. The van der Waals surface area contributed by atoms with Crippen LogP contribution in [0, 0.1) is 5.82 Å². The minimum Gasteiger partial charge on any atom is -0.495 e. The Morgan fingerprint density at radius 3 is 2.64 bits per heavy atom. The van der Waals surface area contributed by atoms with Gasteiger partial charge in [0.05, 0.1) is 34.5 Å². The Hall–Kier alpha value is -3.36. The standard InChI is InChI=1S/C24H19ClFN3O3S/c1-32-21-11-10-17(12-19(21)25)29-23(31)18-4-2-3-5-20(18)28-24(29)33-14-22(30)27-13-15-6-8-16(26)9-7-15/h2-12H,13-14H2,1H3,(H,27,30). The lowest BCUT2D eigenvalue weighted by Gasteiger charge is -2.14. The molecule has 0 aliphatic carbocycles. The van der Waals surface area contributed by atoms with Crippen molar-refractivity contribution in [1.29, 1.82) is 0 Å². The zero-order valence-electron chi connectivity index (χ0n) is 17.5. The van der Waals surface area contributed by atoms with Crippen LogP contribution in [0.4, 0.5) is 4.39 Å². The van der Waals surface area contributed by atoms with Crippen LogP contribution < -0.4 is 15.6 Å². The summed E-state index contributed by atoms with van der Waals surface area (Å²) in [4.78, 5) is 30.3. The summed E-state index contributed by atoms with van der Waals surface area (Å²) < 4.78 is 19.7. The molecular formula is C24H19ClFN3O3S. The third-order valence-electron chi connectivity index (χ3n) is 4.87. The van der Waals surface area contributed by atoms with Crippen molar-refractivity contribution in [3.63, 3.8) is 0 Å². The summed E-state index contributed by atoms with van der Waals surface area (Å²) in [6.45, 7) is 0.270. The third kappa shape index (κ3) is 5.18. The van der Waals surface area contributed by atoms with Crippen molar-refractivity contribution < 1.29 is 13.9 Å². The number of ether oxygens (including phenoxy) is 1. The fraction of sp³-hybridized carbons (Fsp3) is 0.125. The molecule has 0 saturated heterocycles. The molecule has 4 rings (SSSR count). The van der Waals surface area contributed by atoms with E-state index in [4.69, 9.17) is 16.3 Å². The molecule has 0 spiro atoms. The number of benzene rings is 3. The van der Waals surface area contributed by atoms with Crippen molar-refractivity contribution in [3.8, 4) is 11.4 Å². The fourth-order valence-electron chi connectivity index (χ4n) is 3.22. The number of aromatic nitrogens is 2. The third-order valence-corrected chi connectivity index (χ3v) is 6.11. The second kappa shape index (κ2) is 10.1. The molecule has 0 saturated carbocycles. The summed E-state index contributed by atoms with van der Waals surface area (Å²) in [5, 5.41) is 3.95. The van der Waals surface area contributed by atoms with Crippen LogP contribution in [0.25, 0.3) is 16.6 Å². The van der Waals surface area contributed by atoms with Crippen molar-refractivity contribution in [1.82, 2.24) is 14.9 Å². The first-order chi connectivity index (χ1) is 16.0. The Morgan fingerprint density at radius 1 is 1.15 bits per heavy atom. The minimum absolute atomic E-state index is 0.0376. The zero-order valence-corrected chi connectivity index (χ0v) is 19.1. The molecule has 1 aromatic heterocycles. The molecule has 6 nitrogen and oxygen atoms in total. The Bertz CT molecular complexity index is 1380. The minimum atomic E-state index is -0.334. The maximum absolute atomic E-state index is 13.3. The van der Waals surface area contributed by atoms with Gasteiger partial charge in [-0.2, -0.15) is 0 Å². The van der Waals surface area contributed by atoms with Gasteiger partial charge in [0.15, 0.2) is 5.16 Å². The number of thioether (sulfide) groups is 1. The number of nitrogens with zero attached hydrogens (tertiary/aromatic N) is 2. The van der Waals surface area contributed by atoms with Crippen molar-refractivity contribution in [2.45, 2.75) is 11.7 Å². The average molecular weight is 484 g/mol. The van der Waals surface area contributed by atoms with Crippen molar-refractivity contribution in [2.75, 3.05) is 12.9 Å². The first-order valence-electron chi connectivity index (χ1n) is 9.96. The molecule has 0 fully saturated rings. The van der Waals surface area contributed by atoms with Gasteiger partial charge >= 0.3 is 0 Å². The van der Waals surface area contributed by atoms with Crippen LogP contribution in [0.15, 0.2) is 76.7 Å². The number of carbonyl (C=O) groups is 1. The van der Waals surface area contributed by atoms with Gasteiger partial charge < -0.3 is 10.1 Å². The van der Waals surface area contributed by atoms with E-state index >= 15 is 0 Å². The Labute approximate surface area is 198 Å². The maximum Gasteiger partial charge on any atom is 0.266 e. The molecule has 0 bridgehead atoms. The average Bonchev–Trinajstić information content (AvgIpc) is 2.82. The molecule has 0 atom stereocenters. The van der Waals surface area contributed by atoms with Gasteiger partial charge in [-0.05, 0) is 48.0 Å². The Balaban J connectivity index is 1.61. The van der Waals surface area contributed by atoms with E-state index in [0.717, 1.165) is 17.3 Å². The summed E-state index contributed by atoms with van der Waals surface area (Å²) in [5.74, 6) is -0.0576. The summed E-state index contributed by atoms with van der Waals surface area (Å²) in [6.07, 6.45) is 0. The van der Waals surface area contributed by atoms with Gasteiger partial charge in [0, 0.05) is 6.54 Å². The number of carbonyl (C=O) groups excluding carboxylic acids is 1. The highest BCUT2D eigenvalue weighted by atomic mass is 35.5. The lowest BCUT2D eigenvalue weighted by molar-refractivity contribution is -0.118. The number of hydrogen-bond acceptors (Lipinski definition) is 5. The van der Waals surface area contributed by atoms with Gasteiger partial charge in [0.1, 0.15) is 11.6 Å². The van der Waals surface area contributed by atoms with Gasteiger partial charge in [-0.25, -0.2) is 9.37 Å². The van der Waals surface area contributed by atoms with Crippen LogP contribution in [-0.4, -0.2) is 28.3 Å². The first kappa shape index (κ1) is 22.8. The molecule has 0 aliphatic rings. The predicted octanol–water partition coefficient (Wildman–Crippen LogP) is 4.60. The highest BCUT2D eigenvalue weighted by Gasteiger charge is 2.16. The number of halogens is 2. The molecule has 33 heavy (non-hydrogen) atoms. The molecular weight excluding hydrogens is 465 g/mol. The first-order valence-corrected chi connectivity index (χ1v) is 11.3. The van der Waals surface area contributed by atoms with Crippen molar-refractivity contribution >= 4 is 40.2 Å². The lowest BCUT2D eigenvalue weighted by atomic mass is 10.2. The van der Waals surface area contributed by atoms with Crippen LogP contribution in [0.1, 0.15) is 5.56 Å². The fourth-order valence-corrected chi connectivity index (χ4v) is 4.31. The van der Waals surface area contributed by atoms with E-state index in [2.05, 4.69) is 10.3 Å². The van der Waals surface area contributed by atoms with Gasteiger partial charge in [-0.3, -0.25) is 14.2 Å². The van der Waals surface area contributed by atoms with Crippen LogP contribution in [0.3, 0.4) is 0 Å². The highest BCUT2D eigenvalue weighted by Crippen LogP contribution is 2.28. The molecule has 4 aromatic rings.